The zero-order valence-corrected chi connectivity index (χ0v) is 13.0. The summed E-state index contributed by atoms with van der Waals surface area (Å²) in [6.45, 7) is 4.64. The molecule has 6 heteroatoms. The van der Waals surface area contributed by atoms with E-state index in [1.165, 1.54) is 0 Å². The first-order chi connectivity index (χ1) is 8.61. The second-order valence-electron chi connectivity index (χ2n) is 4.60. The number of aryl methyl sites for hydroxylation is 1. The number of hydrogen-bond acceptors (Lipinski definition) is 5. The summed E-state index contributed by atoms with van der Waals surface area (Å²) in [5, 5.41) is 0. The quantitative estimate of drug-likeness (QED) is 0.828. The van der Waals surface area contributed by atoms with Gasteiger partial charge in [-0.25, -0.2) is 9.97 Å². The maximum absolute atomic E-state index is 5.97. The number of anilines is 1. The van der Waals surface area contributed by atoms with Crippen molar-refractivity contribution in [3.05, 3.63) is 15.1 Å². The largest absolute Gasteiger partial charge is 0.383 e. The van der Waals surface area contributed by atoms with Crippen LogP contribution < -0.4 is 5.73 Å². The molecule has 5 nitrogen and oxygen atoms in total. The van der Waals surface area contributed by atoms with E-state index < -0.39 is 0 Å². The molecular weight excluding hydrogens is 343 g/mol. The molecule has 2 N–H and O–H groups in total. The van der Waals surface area contributed by atoms with E-state index in [1.807, 2.05) is 0 Å². The minimum atomic E-state index is -0.0568. The van der Waals surface area contributed by atoms with Gasteiger partial charge < -0.3 is 15.4 Å². The van der Waals surface area contributed by atoms with Crippen LogP contribution in [-0.4, -0.2) is 41.6 Å². The summed E-state index contributed by atoms with van der Waals surface area (Å²) in [6, 6.07) is 0. The number of aromatic nitrogens is 2. The normalized spacial score (nSPS) is 21.2. The van der Waals surface area contributed by atoms with E-state index in [4.69, 9.17) is 10.5 Å². The lowest BCUT2D eigenvalue weighted by molar-refractivity contribution is -0.0255. The number of nitrogens with two attached hydrogens (primary N) is 1. The van der Waals surface area contributed by atoms with Crippen LogP contribution in [-0.2, 0) is 11.2 Å². The average molecular weight is 362 g/mol. The van der Waals surface area contributed by atoms with Crippen molar-refractivity contribution in [3.63, 3.8) is 0 Å². The number of likely N-dealkylation sites (N-methyl/N-ethyl adjacent to an activating group) is 1. The Hall–Kier alpha value is -0.470. The zero-order valence-electron chi connectivity index (χ0n) is 10.8. The molecule has 1 aromatic rings. The van der Waals surface area contributed by atoms with Crippen LogP contribution in [0, 0.1) is 3.57 Å². The van der Waals surface area contributed by atoms with Crippen LogP contribution in [0.3, 0.4) is 0 Å². The molecule has 100 valence electrons. The Morgan fingerprint density at radius 3 is 2.94 bits per heavy atom. The SMILES string of the molecule is CCCc1nc(C2CN(C)CCO2)nc(N)c1I. The average Bonchev–Trinajstić information content (AvgIpc) is 2.35. The molecule has 1 saturated heterocycles. The molecule has 1 unspecified atom stereocenters. The number of nitrogens with zero attached hydrogens (tertiary/aromatic N) is 3. The smallest absolute Gasteiger partial charge is 0.161 e. The van der Waals surface area contributed by atoms with Gasteiger partial charge in [-0.05, 0) is 36.1 Å². The number of morpholine rings is 1. The van der Waals surface area contributed by atoms with Crippen LogP contribution >= 0.6 is 22.6 Å². The molecule has 1 atom stereocenters. The predicted molar refractivity (Wildman–Crippen MR) is 79.3 cm³/mol. The fourth-order valence-electron chi connectivity index (χ4n) is 2.01. The summed E-state index contributed by atoms with van der Waals surface area (Å²) in [5.41, 5.74) is 7.00. The fraction of sp³-hybridized carbons (Fsp3) is 0.667. The molecule has 2 heterocycles. The number of ether oxygens (including phenoxy) is 1. The van der Waals surface area contributed by atoms with E-state index in [2.05, 4.69) is 51.4 Å². The Balaban J connectivity index is 2.27. The van der Waals surface area contributed by atoms with Crippen LogP contribution in [0.5, 0.6) is 0 Å². The third-order valence-electron chi connectivity index (χ3n) is 3.01. The molecular formula is C12H19IN4O. The van der Waals surface area contributed by atoms with E-state index in [0.717, 1.165) is 47.6 Å². The molecule has 0 amide bonds. The van der Waals surface area contributed by atoms with Gasteiger partial charge >= 0.3 is 0 Å². The first-order valence-electron chi connectivity index (χ1n) is 6.23. The van der Waals surface area contributed by atoms with Crippen molar-refractivity contribution in [1.82, 2.24) is 14.9 Å². The third kappa shape index (κ3) is 3.10. The lowest BCUT2D eigenvalue weighted by atomic mass is 10.2. The van der Waals surface area contributed by atoms with Crippen LogP contribution in [0.4, 0.5) is 5.82 Å². The first-order valence-corrected chi connectivity index (χ1v) is 7.31. The molecule has 1 aromatic heterocycles. The number of hydrogen-bond donors (Lipinski definition) is 1. The number of rotatable bonds is 3. The van der Waals surface area contributed by atoms with E-state index >= 15 is 0 Å². The van der Waals surface area contributed by atoms with Gasteiger partial charge in [-0.15, -0.1) is 0 Å². The van der Waals surface area contributed by atoms with Crippen molar-refractivity contribution in [3.8, 4) is 0 Å². The highest BCUT2D eigenvalue weighted by Crippen LogP contribution is 2.23. The number of halogens is 1. The van der Waals surface area contributed by atoms with Gasteiger partial charge in [-0.3, -0.25) is 0 Å². The van der Waals surface area contributed by atoms with Crippen molar-refractivity contribution >= 4 is 28.4 Å². The van der Waals surface area contributed by atoms with Crippen molar-refractivity contribution in [2.24, 2.45) is 0 Å². The topological polar surface area (TPSA) is 64.3 Å². The summed E-state index contributed by atoms with van der Waals surface area (Å²) in [4.78, 5) is 11.2. The summed E-state index contributed by atoms with van der Waals surface area (Å²) in [5.74, 6) is 1.30. The summed E-state index contributed by atoms with van der Waals surface area (Å²) in [6.07, 6.45) is 1.93. The second kappa shape index (κ2) is 6.12. The van der Waals surface area contributed by atoms with Gasteiger partial charge in [0.05, 0.1) is 15.9 Å². The van der Waals surface area contributed by atoms with Crippen molar-refractivity contribution in [2.45, 2.75) is 25.9 Å². The monoisotopic (exact) mass is 362 g/mol. The summed E-state index contributed by atoms with van der Waals surface area (Å²) >= 11 is 2.22. The lowest BCUT2D eigenvalue weighted by Crippen LogP contribution is -2.36. The molecule has 0 radical (unpaired) electrons. The lowest BCUT2D eigenvalue weighted by Gasteiger charge is -2.29. The standard InChI is InChI=1S/C12H19IN4O/c1-3-4-8-10(13)11(14)16-12(15-8)9-7-17(2)5-6-18-9/h9H,3-7H2,1-2H3,(H2,14,15,16). The molecule has 2 rings (SSSR count). The molecule has 18 heavy (non-hydrogen) atoms. The molecule has 1 aliphatic heterocycles. The van der Waals surface area contributed by atoms with Crippen molar-refractivity contribution in [2.75, 3.05) is 32.5 Å². The molecule has 0 bridgehead atoms. The number of nitrogen functional groups attached to an aromatic ring is 1. The zero-order chi connectivity index (χ0) is 13.1. The van der Waals surface area contributed by atoms with Gasteiger partial charge in [0.15, 0.2) is 5.82 Å². The molecule has 0 aromatic carbocycles. The van der Waals surface area contributed by atoms with Gasteiger partial charge in [0.2, 0.25) is 0 Å². The highest BCUT2D eigenvalue weighted by atomic mass is 127. The summed E-state index contributed by atoms with van der Waals surface area (Å²) in [7, 11) is 2.08. The highest BCUT2D eigenvalue weighted by molar-refractivity contribution is 14.1. The maximum atomic E-state index is 5.97. The van der Waals surface area contributed by atoms with Crippen LogP contribution in [0.2, 0.25) is 0 Å². The molecule has 0 aliphatic carbocycles. The van der Waals surface area contributed by atoms with Gasteiger partial charge in [0, 0.05) is 13.1 Å². The van der Waals surface area contributed by atoms with E-state index in [0.29, 0.717) is 5.82 Å². The highest BCUT2D eigenvalue weighted by Gasteiger charge is 2.23. The molecule has 0 saturated carbocycles. The van der Waals surface area contributed by atoms with Gasteiger partial charge in [-0.2, -0.15) is 0 Å². The Bertz CT molecular complexity index is 427. The Morgan fingerprint density at radius 2 is 2.28 bits per heavy atom. The van der Waals surface area contributed by atoms with Gasteiger partial charge in [0.1, 0.15) is 11.9 Å². The van der Waals surface area contributed by atoms with E-state index in [9.17, 15) is 0 Å². The van der Waals surface area contributed by atoms with E-state index in [1.54, 1.807) is 0 Å². The van der Waals surface area contributed by atoms with Gasteiger partial charge in [0.25, 0.3) is 0 Å². The van der Waals surface area contributed by atoms with Crippen molar-refractivity contribution < 1.29 is 4.74 Å². The Kier molecular flexibility index (Phi) is 4.74. The van der Waals surface area contributed by atoms with Crippen LogP contribution in [0.25, 0.3) is 0 Å². The molecule has 1 aliphatic rings. The molecule has 0 spiro atoms. The van der Waals surface area contributed by atoms with Crippen LogP contribution in [0.15, 0.2) is 0 Å². The Labute approximate surface area is 121 Å². The maximum Gasteiger partial charge on any atom is 0.161 e. The first kappa shape index (κ1) is 14.0. The predicted octanol–water partition coefficient (Wildman–Crippen LogP) is 1.62. The fourth-order valence-corrected chi connectivity index (χ4v) is 2.52. The van der Waals surface area contributed by atoms with Crippen LogP contribution in [0.1, 0.15) is 31.0 Å². The summed E-state index contributed by atoms with van der Waals surface area (Å²) < 4.78 is 6.71. The van der Waals surface area contributed by atoms with Gasteiger partial charge in [-0.1, -0.05) is 13.3 Å². The minimum absolute atomic E-state index is 0.0568. The van der Waals surface area contributed by atoms with Crippen molar-refractivity contribution in [1.29, 1.82) is 0 Å². The second-order valence-corrected chi connectivity index (χ2v) is 5.68. The Morgan fingerprint density at radius 1 is 1.50 bits per heavy atom. The van der Waals surface area contributed by atoms with E-state index in [-0.39, 0.29) is 6.10 Å². The molecule has 1 fully saturated rings. The minimum Gasteiger partial charge on any atom is -0.383 e. The third-order valence-corrected chi connectivity index (χ3v) is 4.18.